The van der Waals surface area contributed by atoms with Crippen LogP contribution in [0.5, 0.6) is 17.2 Å². The van der Waals surface area contributed by atoms with E-state index in [1.807, 2.05) is 78.9 Å². The van der Waals surface area contributed by atoms with Gasteiger partial charge in [0.25, 0.3) is 12.3 Å². The lowest BCUT2D eigenvalue weighted by Gasteiger charge is -2.31. The average Bonchev–Trinajstić information content (AvgIpc) is 4.02. The second kappa shape index (κ2) is 28.3. The van der Waals surface area contributed by atoms with Crippen LogP contribution in [-0.2, 0) is 16.1 Å². The van der Waals surface area contributed by atoms with Crippen LogP contribution in [0.4, 0.5) is 30.8 Å². The van der Waals surface area contributed by atoms with Gasteiger partial charge in [-0.2, -0.15) is 5.10 Å². The SMILES string of the molecule is CN(CCCCCCCCCCOc1ccc(Oc2ccc(N(Cc3ccccc3)C(=O)CCl)cc2)cc1)CC1CCC(n2cc(NC(=O)c3coc(-c4ccnc(N(CC5CC5)C(=O)OC(C)(C)C)c4)n3)c(C(F)F)n2)CC1. The summed E-state index contributed by atoms with van der Waals surface area (Å²) in [5.41, 5.74) is 0.918. The Morgan fingerprint density at radius 3 is 2.09 bits per heavy atom. The molecule has 18 heteroatoms. The zero-order valence-electron chi connectivity index (χ0n) is 46.0. The molecule has 3 amide bonds. The molecule has 0 unspecified atom stereocenters. The second-order valence-electron chi connectivity index (χ2n) is 21.9. The molecule has 3 aromatic carbocycles. The maximum Gasteiger partial charge on any atom is 0.416 e. The van der Waals surface area contributed by atoms with Crippen molar-refractivity contribution in [3.05, 3.63) is 127 Å². The molecule has 0 atom stereocenters. The first-order valence-corrected chi connectivity index (χ1v) is 28.4. The van der Waals surface area contributed by atoms with Crippen LogP contribution in [0, 0.1) is 11.8 Å². The molecule has 3 aromatic heterocycles. The Morgan fingerprint density at radius 1 is 0.797 bits per heavy atom. The van der Waals surface area contributed by atoms with Gasteiger partial charge in [-0.1, -0.05) is 68.9 Å². The quantitative estimate of drug-likeness (QED) is 0.0368. The number of oxazole rings is 1. The van der Waals surface area contributed by atoms with Gasteiger partial charge in [-0.3, -0.25) is 19.2 Å². The minimum atomic E-state index is -2.89. The maximum atomic E-state index is 14.3. The summed E-state index contributed by atoms with van der Waals surface area (Å²) in [6.45, 7) is 9.03. The summed E-state index contributed by atoms with van der Waals surface area (Å²) in [5, 5.41) is 6.86. The van der Waals surface area contributed by atoms with Crippen molar-refractivity contribution in [2.75, 3.05) is 54.3 Å². The number of nitrogens with zero attached hydrogens (tertiary/aromatic N) is 7. The minimum Gasteiger partial charge on any atom is -0.494 e. The summed E-state index contributed by atoms with van der Waals surface area (Å²) in [6.07, 6.45) is 15.8. The van der Waals surface area contributed by atoms with E-state index in [2.05, 4.69) is 32.3 Å². The van der Waals surface area contributed by atoms with Gasteiger partial charge < -0.3 is 33.7 Å². The van der Waals surface area contributed by atoms with Crippen LogP contribution in [0.3, 0.4) is 0 Å². The Kier molecular flexibility index (Phi) is 20.9. The molecular formula is C61H75ClF2N8O7. The van der Waals surface area contributed by atoms with Crippen LogP contribution >= 0.6 is 11.6 Å². The Bertz CT molecular complexity index is 2870. The van der Waals surface area contributed by atoms with Gasteiger partial charge >= 0.3 is 6.09 Å². The van der Waals surface area contributed by atoms with E-state index in [4.69, 9.17) is 30.2 Å². The van der Waals surface area contributed by atoms with Crippen molar-refractivity contribution in [3.8, 4) is 28.7 Å². The molecular weight excluding hydrogens is 1030 g/mol. The highest BCUT2D eigenvalue weighted by molar-refractivity contribution is 6.29. The summed E-state index contributed by atoms with van der Waals surface area (Å²) in [5.74, 6) is 2.55. The molecule has 15 nitrogen and oxygen atoms in total. The number of carbonyl (C=O) groups excluding carboxylic acids is 3. The third kappa shape index (κ3) is 17.8. The molecule has 2 aliphatic rings. The van der Waals surface area contributed by atoms with Crippen molar-refractivity contribution >= 4 is 46.7 Å². The number of aromatic nitrogens is 4. The summed E-state index contributed by atoms with van der Waals surface area (Å²) in [7, 11) is 2.19. The van der Waals surface area contributed by atoms with Gasteiger partial charge in [0, 0.05) is 36.7 Å². The first-order chi connectivity index (χ1) is 38.2. The molecule has 3 heterocycles. The number of unbranched alkanes of at least 4 members (excludes halogenated alkanes) is 7. The number of rotatable bonds is 28. The number of carbonyl (C=O) groups is 3. The molecule has 422 valence electrons. The number of nitrogens with one attached hydrogen (secondary N) is 1. The monoisotopic (exact) mass is 1100 g/mol. The van der Waals surface area contributed by atoms with Gasteiger partial charge in [0.15, 0.2) is 11.4 Å². The predicted octanol–water partition coefficient (Wildman–Crippen LogP) is 14.7. The third-order valence-corrected chi connectivity index (χ3v) is 14.5. The fraction of sp³-hybridized carbons (Fsp3) is 0.475. The molecule has 1 N–H and O–H groups in total. The number of ether oxygens (including phenoxy) is 3. The summed E-state index contributed by atoms with van der Waals surface area (Å²) < 4.78 is 53.6. The number of hydrogen-bond donors (Lipinski definition) is 1. The zero-order chi connectivity index (χ0) is 55.7. The Hall–Kier alpha value is -6.85. The van der Waals surface area contributed by atoms with E-state index in [1.165, 1.54) is 55.7 Å². The van der Waals surface area contributed by atoms with E-state index in [9.17, 15) is 23.2 Å². The fourth-order valence-corrected chi connectivity index (χ4v) is 9.98. The highest BCUT2D eigenvalue weighted by Gasteiger charge is 2.32. The number of anilines is 3. The topological polar surface area (TPSA) is 157 Å². The van der Waals surface area contributed by atoms with Crippen LogP contribution in [0.15, 0.2) is 114 Å². The standard InChI is InChI=1S/C61H75ClF2N8O7/c1-61(2,3)79-60(75)71(40-45-18-19-45)54-36-46(32-33-65-54)59-67-53(42-77-59)58(74)66-52-41-72(68-56(52)57(63)64)48-22-20-44(21-23-48)38-69(4)34-14-9-7-5-6-8-10-15-35-76-49-28-30-51(31-29-49)78-50-26-24-47(25-27-50)70(55(73)37-62)39-43-16-12-11-13-17-43/h11-13,16-17,24-33,36,41-42,44-45,48,57H,5-10,14-15,18-23,34-35,37-40H2,1-4H3,(H,66,74). The number of amides is 3. The van der Waals surface area contributed by atoms with Gasteiger partial charge in [0.05, 0.1) is 24.9 Å². The van der Waals surface area contributed by atoms with Crippen LogP contribution < -0.4 is 24.6 Å². The number of hydrogen-bond acceptors (Lipinski definition) is 11. The van der Waals surface area contributed by atoms with Gasteiger partial charge in [-0.05, 0) is 164 Å². The molecule has 2 aliphatic carbocycles. The molecule has 0 bridgehead atoms. The number of benzene rings is 3. The minimum absolute atomic E-state index is 0.0472. The number of alkyl halides is 3. The first-order valence-electron chi connectivity index (χ1n) is 27.9. The largest absolute Gasteiger partial charge is 0.494 e. The van der Waals surface area contributed by atoms with Crippen molar-refractivity contribution in [3.63, 3.8) is 0 Å². The normalized spacial score (nSPS) is 15.5. The molecule has 2 fully saturated rings. The van der Waals surface area contributed by atoms with E-state index in [0.29, 0.717) is 54.4 Å². The summed E-state index contributed by atoms with van der Waals surface area (Å²) in [4.78, 5) is 53.5. The highest BCUT2D eigenvalue weighted by Crippen LogP contribution is 2.37. The molecule has 6 aromatic rings. The summed E-state index contributed by atoms with van der Waals surface area (Å²) in [6, 6.07) is 28.1. The van der Waals surface area contributed by atoms with Crippen LogP contribution in [0.25, 0.3) is 11.5 Å². The van der Waals surface area contributed by atoms with Crippen molar-refractivity contribution in [2.24, 2.45) is 11.8 Å². The van der Waals surface area contributed by atoms with E-state index < -0.39 is 29.7 Å². The molecule has 0 radical (unpaired) electrons. The van der Waals surface area contributed by atoms with E-state index in [1.54, 1.807) is 42.5 Å². The highest BCUT2D eigenvalue weighted by atomic mass is 35.5. The molecule has 79 heavy (non-hydrogen) atoms. The van der Waals surface area contributed by atoms with Crippen LogP contribution in [-0.4, -0.2) is 87.3 Å². The van der Waals surface area contributed by atoms with Crippen molar-refractivity contribution < 1.29 is 41.8 Å². The third-order valence-electron chi connectivity index (χ3n) is 14.2. The van der Waals surface area contributed by atoms with Crippen LogP contribution in [0.1, 0.15) is 145 Å². The number of halogens is 3. The Morgan fingerprint density at radius 2 is 1.43 bits per heavy atom. The lowest BCUT2D eigenvalue weighted by Crippen LogP contribution is -2.38. The van der Waals surface area contributed by atoms with E-state index in [-0.39, 0.29) is 35.1 Å². The molecule has 2 saturated carbocycles. The van der Waals surface area contributed by atoms with Crippen molar-refractivity contribution in [1.82, 2.24) is 24.6 Å². The molecule has 0 aliphatic heterocycles. The van der Waals surface area contributed by atoms with E-state index >= 15 is 0 Å². The second-order valence-corrected chi connectivity index (χ2v) is 22.2. The predicted molar refractivity (Wildman–Crippen MR) is 303 cm³/mol. The number of pyridine rings is 1. The summed E-state index contributed by atoms with van der Waals surface area (Å²) >= 11 is 5.93. The Labute approximate surface area is 468 Å². The molecule has 8 rings (SSSR count). The van der Waals surface area contributed by atoms with E-state index in [0.717, 1.165) is 87.9 Å². The Balaban J connectivity index is 0.675. The smallest absolute Gasteiger partial charge is 0.416 e. The molecule has 0 spiro atoms. The first kappa shape index (κ1) is 58.3. The lowest BCUT2D eigenvalue weighted by molar-refractivity contribution is -0.116. The lowest BCUT2D eigenvalue weighted by atomic mass is 9.86. The van der Waals surface area contributed by atoms with Gasteiger partial charge in [0.2, 0.25) is 11.8 Å². The molecule has 0 saturated heterocycles. The van der Waals surface area contributed by atoms with Crippen molar-refractivity contribution in [2.45, 2.75) is 135 Å². The average molecular weight is 1110 g/mol. The van der Waals surface area contributed by atoms with Crippen LogP contribution in [0.2, 0.25) is 0 Å². The van der Waals surface area contributed by atoms with Crippen molar-refractivity contribution in [1.29, 1.82) is 0 Å². The van der Waals surface area contributed by atoms with Gasteiger partial charge in [-0.25, -0.2) is 23.5 Å². The zero-order valence-corrected chi connectivity index (χ0v) is 46.7. The maximum absolute atomic E-state index is 14.3. The fourth-order valence-electron chi connectivity index (χ4n) is 9.84. The van der Waals surface area contributed by atoms with Gasteiger partial charge in [0.1, 0.15) is 40.8 Å². The van der Waals surface area contributed by atoms with Gasteiger partial charge in [-0.15, -0.1) is 11.6 Å².